The van der Waals surface area contributed by atoms with Gasteiger partial charge in [-0.3, -0.25) is 0 Å². The molecule has 1 N–H and O–H groups in total. The zero-order chi connectivity index (χ0) is 13.2. The zero-order valence-corrected chi connectivity index (χ0v) is 11.1. The normalized spacial score (nSPS) is 17.5. The van der Waals surface area contributed by atoms with Crippen LogP contribution in [0.2, 0.25) is 0 Å². The third-order valence-electron chi connectivity index (χ3n) is 3.51. The maximum Gasteiger partial charge on any atom is 0.223 e. The molecule has 0 saturated heterocycles. The summed E-state index contributed by atoms with van der Waals surface area (Å²) in [5.74, 6) is 2.21. The second-order valence-electron chi connectivity index (χ2n) is 4.77. The Morgan fingerprint density at radius 2 is 2.37 bits per heavy atom. The monoisotopic (exact) mass is 259 g/mol. The highest BCUT2D eigenvalue weighted by Gasteiger charge is 2.22. The number of rotatable bonds is 4. The Balaban J connectivity index is 1.71. The molecule has 0 amide bonds. The van der Waals surface area contributed by atoms with Crippen LogP contribution in [-0.4, -0.2) is 17.3 Å². The molecule has 3 rings (SSSR count). The van der Waals surface area contributed by atoms with Gasteiger partial charge in [-0.05, 0) is 36.1 Å². The molecule has 1 unspecified atom stereocenters. The third kappa shape index (κ3) is 2.46. The number of methoxy groups -OCH3 is 1. The molecule has 2 aromatic rings. The van der Waals surface area contributed by atoms with Gasteiger partial charge in [0.2, 0.25) is 5.89 Å². The minimum absolute atomic E-state index is 0.337. The first-order valence-electron chi connectivity index (χ1n) is 6.45. The van der Waals surface area contributed by atoms with Crippen LogP contribution in [-0.2, 0) is 13.0 Å². The van der Waals surface area contributed by atoms with E-state index in [1.165, 1.54) is 11.1 Å². The lowest BCUT2D eigenvalue weighted by atomic mass is 10.1. The Labute approximate surface area is 112 Å². The molecule has 1 heterocycles. The summed E-state index contributed by atoms with van der Waals surface area (Å²) in [5, 5.41) is 7.37. The molecule has 19 heavy (non-hydrogen) atoms. The summed E-state index contributed by atoms with van der Waals surface area (Å²) in [7, 11) is 1.70. The third-order valence-corrected chi connectivity index (χ3v) is 3.51. The van der Waals surface area contributed by atoms with Crippen LogP contribution in [0.4, 0.5) is 0 Å². The van der Waals surface area contributed by atoms with Crippen LogP contribution in [0.5, 0.6) is 5.75 Å². The van der Waals surface area contributed by atoms with Crippen LogP contribution in [0, 0.1) is 6.92 Å². The van der Waals surface area contributed by atoms with Gasteiger partial charge in [0.25, 0.3) is 0 Å². The number of benzene rings is 1. The predicted molar refractivity (Wildman–Crippen MR) is 69.9 cm³/mol. The van der Waals surface area contributed by atoms with Gasteiger partial charge in [0.05, 0.1) is 13.7 Å². The Morgan fingerprint density at radius 3 is 3.11 bits per heavy atom. The van der Waals surface area contributed by atoms with Crippen molar-refractivity contribution in [2.75, 3.05) is 7.11 Å². The molecule has 1 aromatic heterocycles. The van der Waals surface area contributed by atoms with Crippen LogP contribution in [0.3, 0.4) is 0 Å². The Kier molecular flexibility index (Phi) is 3.21. The van der Waals surface area contributed by atoms with Crippen molar-refractivity contribution in [2.45, 2.75) is 32.4 Å². The van der Waals surface area contributed by atoms with E-state index in [4.69, 9.17) is 9.26 Å². The molecule has 0 saturated carbocycles. The van der Waals surface area contributed by atoms with E-state index >= 15 is 0 Å². The minimum Gasteiger partial charge on any atom is -0.497 e. The maximum absolute atomic E-state index is 5.29. The standard InChI is InChI=1S/C14H17N3O2/c1-9-16-14(17-19-9)8-15-13-6-4-10-3-5-11(18-2)7-12(10)13/h3,5,7,13,15H,4,6,8H2,1-2H3. The molecule has 5 nitrogen and oxygen atoms in total. The fraction of sp³-hybridized carbons (Fsp3) is 0.429. The van der Waals surface area contributed by atoms with Crippen LogP contribution >= 0.6 is 0 Å². The van der Waals surface area contributed by atoms with Crippen molar-refractivity contribution >= 4 is 0 Å². The molecule has 1 aliphatic rings. The number of nitrogens with one attached hydrogen (secondary N) is 1. The molecule has 1 aliphatic carbocycles. The van der Waals surface area contributed by atoms with Gasteiger partial charge in [-0.15, -0.1) is 0 Å². The van der Waals surface area contributed by atoms with Crippen LogP contribution in [0.1, 0.15) is 35.3 Å². The molecule has 0 bridgehead atoms. The van der Waals surface area contributed by atoms with E-state index in [0.29, 0.717) is 24.3 Å². The molecular formula is C14H17N3O2. The second kappa shape index (κ2) is 5.01. The molecule has 5 heteroatoms. The van der Waals surface area contributed by atoms with Crippen molar-refractivity contribution in [3.05, 3.63) is 41.0 Å². The van der Waals surface area contributed by atoms with Crippen LogP contribution in [0.15, 0.2) is 22.7 Å². The Morgan fingerprint density at radius 1 is 1.47 bits per heavy atom. The SMILES string of the molecule is COc1ccc2c(c1)C(NCc1noc(C)n1)CC2. The summed E-state index contributed by atoms with van der Waals surface area (Å²) in [5.41, 5.74) is 2.71. The number of nitrogens with zero attached hydrogens (tertiary/aromatic N) is 2. The molecule has 0 aliphatic heterocycles. The van der Waals surface area contributed by atoms with E-state index < -0.39 is 0 Å². The van der Waals surface area contributed by atoms with E-state index in [1.54, 1.807) is 14.0 Å². The van der Waals surface area contributed by atoms with Crippen molar-refractivity contribution in [1.82, 2.24) is 15.5 Å². The minimum atomic E-state index is 0.337. The summed E-state index contributed by atoms with van der Waals surface area (Å²) in [6.45, 7) is 2.42. The van der Waals surface area contributed by atoms with Gasteiger partial charge in [0.15, 0.2) is 5.82 Å². The highest BCUT2D eigenvalue weighted by Crippen LogP contribution is 2.33. The van der Waals surface area contributed by atoms with E-state index in [-0.39, 0.29) is 0 Å². The quantitative estimate of drug-likeness (QED) is 0.911. The van der Waals surface area contributed by atoms with Gasteiger partial charge in [-0.2, -0.15) is 4.98 Å². The van der Waals surface area contributed by atoms with Gasteiger partial charge in [0.1, 0.15) is 5.75 Å². The van der Waals surface area contributed by atoms with E-state index in [9.17, 15) is 0 Å². The second-order valence-corrected chi connectivity index (χ2v) is 4.77. The fourth-order valence-electron chi connectivity index (χ4n) is 2.55. The van der Waals surface area contributed by atoms with Crippen LogP contribution in [0.25, 0.3) is 0 Å². The van der Waals surface area contributed by atoms with Gasteiger partial charge in [-0.1, -0.05) is 11.2 Å². The zero-order valence-electron chi connectivity index (χ0n) is 11.1. The summed E-state index contributed by atoms with van der Waals surface area (Å²) in [6, 6.07) is 6.61. The van der Waals surface area contributed by atoms with Gasteiger partial charge in [-0.25, -0.2) is 0 Å². The van der Waals surface area contributed by atoms with Crippen molar-refractivity contribution < 1.29 is 9.26 Å². The molecule has 100 valence electrons. The summed E-state index contributed by atoms with van der Waals surface area (Å²) < 4.78 is 10.3. The molecular weight excluding hydrogens is 242 g/mol. The molecule has 0 fully saturated rings. The van der Waals surface area contributed by atoms with Crippen molar-refractivity contribution in [1.29, 1.82) is 0 Å². The lowest BCUT2D eigenvalue weighted by Crippen LogP contribution is -2.19. The highest BCUT2D eigenvalue weighted by molar-refractivity contribution is 5.40. The Bertz CT molecular complexity index is 580. The summed E-state index contributed by atoms with van der Waals surface area (Å²) >= 11 is 0. The lowest BCUT2D eigenvalue weighted by molar-refractivity contribution is 0.383. The first-order chi connectivity index (χ1) is 9.26. The number of fused-ring (bicyclic) bond motifs is 1. The summed E-state index contributed by atoms with van der Waals surface area (Å²) in [4.78, 5) is 4.20. The number of aromatic nitrogens is 2. The lowest BCUT2D eigenvalue weighted by Gasteiger charge is -2.13. The van der Waals surface area contributed by atoms with Crippen molar-refractivity contribution in [3.63, 3.8) is 0 Å². The van der Waals surface area contributed by atoms with Gasteiger partial charge < -0.3 is 14.6 Å². The van der Waals surface area contributed by atoms with Crippen molar-refractivity contribution in [3.8, 4) is 5.75 Å². The van der Waals surface area contributed by atoms with Gasteiger partial charge >= 0.3 is 0 Å². The molecule has 1 aromatic carbocycles. The number of aryl methyl sites for hydroxylation is 2. The Hall–Kier alpha value is -1.88. The molecule has 1 atom stereocenters. The van der Waals surface area contributed by atoms with E-state index in [1.807, 2.05) is 6.07 Å². The number of hydrogen-bond acceptors (Lipinski definition) is 5. The number of ether oxygens (including phenoxy) is 1. The highest BCUT2D eigenvalue weighted by atomic mass is 16.5. The molecule has 0 spiro atoms. The summed E-state index contributed by atoms with van der Waals surface area (Å²) in [6.07, 6.45) is 2.20. The van der Waals surface area contributed by atoms with E-state index in [2.05, 4.69) is 27.6 Å². The first kappa shape index (κ1) is 12.2. The van der Waals surface area contributed by atoms with Gasteiger partial charge in [0, 0.05) is 13.0 Å². The predicted octanol–water partition coefficient (Wildman–Crippen LogP) is 2.16. The van der Waals surface area contributed by atoms with Crippen molar-refractivity contribution in [2.24, 2.45) is 0 Å². The molecule has 0 radical (unpaired) electrons. The topological polar surface area (TPSA) is 60.2 Å². The average molecular weight is 259 g/mol. The first-order valence-corrected chi connectivity index (χ1v) is 6.45. The average Bonchev–Trinajstić information content (AvgIpc) is 3.02. The maximum atomic E-state index is 5.29. The van der Waals surface area contributed by atoms with E-state index in [0.717, 1.165) is 18.6 Å². The smallest absolute Gasteiger partial charge is 0.223 e. The van der Waals surface area contributed by atoms with Crippen LogP contribution < -0.4 is 10.1 Å². The fourth-order valence-corrected chi connectivity index (χ4v) is 2.55. The number of hydrogen-bond donors (Lipinski definition) is 1. The largest absolute Gasteiger partial charge is 0.497 e.